The topological polar surface area (TPSA) is 385 Å². The van der Waals surface area contributed by atoms with Crippen molar-refractivity contribution in [3.05, 3.63) is 35.9 Å². The number of benzene rings is 1. The summed E-state index contributed by atoms with van der Waals surface area (Å²) < 4.78 is 0. The molecule has 8 amide bonds. The van der Waals surface area contributed by atoms with E-state index in [2.05, 4.69) is 57.2 Å². The van der Waals surface area contributed by atoms with E-state index < -0.39 is 133 Å². The van der Waals surface area contributed by atoms with Crippen LogP contribution in [0, 0.1) is 0 Å². The molecule has 0 aromatic heterocycles. The Bertz CT molecular complexity index is 1780. The van der Waals surface area contributed by atoms with Gasteiger partial charge in [0.15, 0.2) is 0 Å². The molecule has 0 saturated carbocycles. The van der Waals surface area contributed by atoms with E-state index in [1.807, 2.05) is 0 Å². The number of carbonyl (C=O) groups is 10. The largest absolute Gasteiger partial charge is 0.481 e. The Morgan fingerprint density at radius 2 is 1.29 bits per heavy atom. The molecule has 0 unspecified atom stereocenters. The number of hydrogen-bond acceptors (Lipinski definition) is 15. The average molecular weight is 927 g/mol. The van der Waals surface area contributed by atoms with Gasteiger partial charge in [0.05, 0.1) is 19.1 Å². The van der Waals surface area contributed by atoms with Crippen LogP contribution in [0.2, 0.25) is 0 Å². The molecule has 1 aliphatic heterocycles. The zero-order valence-corrected chi connectivity index (χ0v) is 36.2. The summed E-state index contributed by atoms with van der Waals surface area (Å²) >= 11 is 7.89. The number of carboxylic acid groups (broad SMARTS) is 2. The number of nitrogens with two attached hydrogens (primary N) is 3. The van der Waals surface area contributed by atoms with E-state index in [0.717, 1.165) is 4.90 Å². The molecule has 0 bridgehead atoms. The lowest BCUT2D eigenvalue weighted by atomic mass is 10.0. The number of nitrogens with zero attached hydrogens (tertiary/aromatic N) is 1. The van der Waals surface area contributed by atoms with Crippen LogP contribution < -0.4 is 49.1 Å². The molecular weight excluding hydrogens is 869 g/mol. The van der Waals surface area contributed by atoms with E-state index in [0.29, 0.717) is 18.4 Å². The van der Waals surface area contributed by atoms with Crippen LogP contribution in [0.25, 0.3) is 0 Å². The summed E-state index contributed by atoms with van der Waals surface area (Å²) in [7, 11) is 0. The predicted octanol–water partition coefficient (Wildman–Crippen LogP) is -4.74. The molecule has 0 aliphatic carbocycles. The summed E-state index contributed by atoms with van der Waals surface area (Å²) in [6, 6.07) is -2.85. The second kappa shape index (κ2) is 27.5. The minimum atomic E-state index is -1.84. The molecule has 25 heteroatoms. The molecule has 1 saturated heterocycles. The molecule has 8 atom stereocenters. The molecule has 0 spiro atoms. The number of nitrogens with one attached hydrogen (secondary N) is 6. The highest BCUT2D eigenvalue weighted by molar-refractivity contribution is 7.80. The fourth-order valence-corrected chi connectivity index (χ4v) is 6.76. The highest BCUT2D eigenvalue weighted by Crippen LogP contribution is 2.21. The first-order valence-corrected chi connectivity index (χ1v) is 21.3. The first-order chi connectivity index (χ1) is 29.9. The minimum Gasteiger partial charge on any atom is -0.481 e. The number of aliphatic carboxylic acids is 2. The van der Waals surface area contributed by atoms with E-state index in [-0.39, 0.29) is 50.3 Å². The highest BCUT2D eigenvalue weighted by atomic mass is 32.1. The van der Waals surface area contributed by atoms with Crippen molar-refractivity contribution < 1.29 is 63.3 Å². The van der Waals surface area contributed by atoms with Gasteiger partial charge in [-0.2, -0.15) is 25.3 Å². The van der Waals surface area contributed by atoms with Crippen LogP contribution in [0.15, 0.2) is 30.3 Å². The van der Waals surface area contributed by atoms with E-state index in [4.69, 9.17) is 17.2 Å². The number of amides is 8. The number of likely N-dealkylation sites (tertiary alicyclic amines) is 1. The first kappa shape index (κ1) is 53.6. The van der Waals surface area contributed by atoms with E-state index in [9.17, 15) is 63.3 Å². The fraction of sp³-hybridized carbons (Fsp3) is 0.579. The average Bonchev–Trinajstić information content (AvgIpc) is 3.75. The van der Waals surface area contributed by atoms with Gasteiger partial charge in [0.2, 0.25) is 47.3 Å². The van der Waals surface area contributed by atoms with Crippen molar-refractivity contribution in [1.29, 1.82) is 0 Å². The molecule has 1 fully saturated rings. The lowest BCUT2D eigenvalue weighted by molar-refractivity contribution is -0.144. The van der Waals surface area contributed by atoms with Gasteiger partial charge in [-0.3, -0.25) is 43.2 Å². The molecule has 1 aliphatic rings. The van der Waals surface area contributed by atoms with Crippen LogP contribution in [-0.2, 0) is 54.4 Å². The number of aliphatic hydroxyl groups is 1. The maximum atomic E-state index is 14.1. The summed E-state index contributed by atoms with van der Waals surface area (Å²) in [6.07, 6.45) is -0.811. The molecule has 2 rings (SSSR count). The Hall–Kier alpha value is -5.50. The molecule has 350 valence electrons. The van der Waals surface area contributed by atoms with Crippen molar-refractivity contribution in [3.63, 3.8) is 0 Å². The standard InChI is InChI=1S/C38H58N10O13S2/c39-13-5-4-9-23(43-35(57)26(17-49)46-33(55)24(44-31(53)21(40)18-62)15-20-7-2-1-3-8-20)37(59)48-14-6-10-28(48)36(58)45-25(16-30(51)52)34(56)42-22(11-12-29(41)50)32(54)47-27(19-63)38(60)61/h1-3,7-8,21-28,49,62-63H,4-6,9-19,39-40H2,(H2,41,50)(H,42,56)(H,43,57)(H,44,53)(H,45,58)(H,46,55)(H,47,54)(H,51,52)(H,60,61)/t21-,22-,23-,24-,25-,26-,27-,28-/m0/s1. The predicted molar refractivity (Wildman–Crippen MR) is 230 cm³/mol. The third-order valence-corrected chi connectivity index (χ3v) is 10.5. The van der Waals surface area contributed by atoms with Gasteiger partial charge < -0.3 is 69.3 Å². The van der Waals surface area contributed by atoms with Gasteiger partial charge in [-0.05, 0) is 50.6 Å². The maximum Gasteiger partial charge on any atom is 0.327 e. The lowest BCUT2D eigenvalue weighted by Crippen LogP contribution is -2.60. The van der Waals surface area contributed by atoms with Crippen LogP contribution in [0.5, 0.6) is 0 Å². The fourth-order valence-electron chi connectivity index (χ4n) is 6.35. The van der Waals surface area contributed by atoms with Crippen LogP contribution >= 0.6 is 25.3 Å². The third kappa shape index (κ3) is 18.0. The summed E-state index contributed by atoms with van der Waals surface area (Å²) in [6.45, 7) is -0.694. The molecule has 1 aromatic carbocycles. The second-order valence-corrected chi connectivity index (χ2v) is 15.4. The number of rotatable bonds is 28. The normalized spacial score (nSPS) is 16.7. The van der Waals surface area contributed by atoms with Crippen molar-refractivity contribution in [2.45, 2.75) is 106 Å². The molecule has 1 heterocycles. The van der Waals surface area contributed by atoms with Crippen LogP contribution in [0.3, 0.4) is 0 Å². The number of unbranched alkanes of at least 4 members (excludes halogenated alkanes) is 1. The number of carboxylic acids is 2. The van der Waals surface area contributed by atoms with Gasteiger partial charge in [0.1, 0.15) is 42.3 Å². The van der Waals surface area contributed by atoms with Crippen molar-refractivity contribution >= 4 is 84.5 Å². The summed E-state index contributed by atoms with van der Waals surface area (Å²) in [5.41, 5.74) is 17.3. The summed E-state index contributed by atoms with van der Waals surface area (Å²) in [4.78, 5) is 130. The van der Waals surface area contributed by atoms with Crippen LogP contribution in [0.1, 0.15) is 56.9 Å². The van der Waals surface area contributed by atoms with Crippen molar-refractivity contribution in [1.82, 2.24) is 36.8 Å². The minimum absolute atomic E-state index is 0.00175. The van der Waals surface area contributed by atoms with E-state index in [1.165, 1.54) is 0 Å². The number of aliphatic hydroxyl groups excluding tert-OH is 1. The second-order valence-electron chi connectivity index (χ2n) is 14.6. The van der Waals surface area contributed by atoms with Crippen LogP contribution in [0.4, 0.5) is 0 Å². The van der Waals surface area contributed by atoms with Crippen molar-refractivity contribution in [3.8, 4) is 0 Å². The number of thiol groups is 2. The van der Waals surface area contributed by atoms with Gasteiger partial charge >= 0.3 is 11.9 Å². The quantitative estimate of drug-likeness (QED) is 0.0277. The van der Waals surface area contributed by atoms with Gasteiger partial charge in [-0.1, -0.05) is 30.3 Å². The zero-order chi connectivity index (χ0) is 47.2. The van der Waals surface area contributed by atoms with E-state index >= 15 is 0 Å². The number of hydrogen-bond donors (Lipinski definition) is 14. The summed E-state index contributed by atoms with van der Waals surface area (Å²) in [5, 5.41) is 43.3. The Morgan fingerprint density at radius 3 is 1.86 bits per heavy atom. The number of primary amides is 1. The van der Waals surface area contributed by atoms with Gasteiger partial charge in [0.25, 0.3) is 0 Å². The first-order valence-electron chi connectivity index (χ1n) is 20.0. The molecule has 0 radical (unpaired) electrons. The zero-order valence-electron chi connectivity index (χ0n) is 34.4. The van der Waals surface area contributed by atoms with Crippen molar-refractivity contribution in [2.24, 2.45) is 17.2 Å². The Balaban J connectivity index is 2.30. The number of carbonyl (C=O) groups excluding carboxylic acids is 8. The molecule has 15 N–H and O–H groups in total. The molecule has 1 aromatic rings. The highest BCUT2D eigenvalue weighted by Gasteiger charge is 2.40. The van der Waals surface area contributed by atoms with E-state index in [1.54, 1.807) is 30.3 Å². The third-order valence-electron chi connectivity index (χ3n) is 9.79. The monoisotopic (exact) mass is 926 g/mol. The Labute approximate surface area is 373 Å². The smallest absolute Gasteiger partial charge is 0.327 e. The Kier molecular flexibility index (Phi) is 23.4. The lowest BCUT2D eigenvalue weighted by Gasteiger charge is -2.31. The maximum absolute atomic E-state index is 14.1. The van der Waals surface area contributed by atoms with Gasteiger partial charge in [-0.15, -0.1) is 0 Å². The SMILES string of the molecule is NCCCC[C@H](NC(=O)[C@H](CO)NC(=O)[C@H](Cc1ccccc1)NC(=O)[C@@H](N)CS)C(=O)N1CCC[C@H]1C(=O)N[C@@H](CC(=O)O)C(=O)N[C@@H](CCC(N)=O)C(=O)N[C@@H](CS)C(=O)O. The van der Waals surface area contributed by atoms with Crippen LogP contribution in [-0.4, -0.2) is 159 Å². The molecular formula is C38H58N10O13S2. The Morgan fingerprint density at radius 1 is 0.714 bits per heavy atom. The van der Waals surface area contributed by atoms with Gasteiger partial charge in [-0.25, -0.2) is 4.79 Å². The molecule has 63 heavy (non-hydrogen) atoms. The van der Waals surface area contributed by atoms with Gasteiger partial charge in [0, 0.05) is 30.9 Å². The summed E-state index contributed by atoms with van der Waals surface area (Å²) in [5.74, 6) is -10.7. The van der Waals surface area contributed by atoms with Crippen molar-refractivity contribution in [2.75, 3.05) is 31.2 Å². The molecule has 23 nitrogen and oxygen atoms in total.